The Morgan fingerprint density at radius 3 is 2.19 bits per heavy atom. The summed E-state index contributed by atoms with van der Waals surface area (Å²) in [5.41, 5.74) is 0. The highest BCUT2D eigenvalue weighted by Gasteiger charge is 2.27. The van der Waals surface area contributed by atoms with Gasteiger partial charge in [0.05, 0.1) is 32.6 Å². The fraction of sp³-hybridized carbons (Fsp3) is 0.615. The zero-order chi connectivity index (χ0) is 22.9. The van der Waals surface area contributed by atoms with Gasteiger partial charge >= 0.3 is 7.60 Å². The van der Waals surface area contributed by atoms with E-state index in [1.165, 1.54) is 38.5 Å². The standard InChI is InChI=1S/C26H41O5P/c1-3-5-6-7-8-9-10-13-19-30-32(27,23-22-29-21-20-28-4-2)31-26-18-14-16-24-15-11-12-17-25(24)26/h11-12,14-18H,3-10,13,19-23H2,1-2H3. The van der Waals surface area contributed by atoms with Crippen LogP contribution < -0.4 is 4.52 Å². The van der Waals surface area contributed by atoms with E-state index in [1.807, 2.05) is 49.4 Å². The minimum absolute atomic E-state index is 0.222. The second kappa shape index (κ2) is 16.3. The van der Waals surface area contributed by atoms with Crippen LogP contribution >= 0.6 is 7.60 Å². The molecule has 0 amide bonds. The first-order chi connectivity index (χ1) is 15.7. The van der Waals surface area contributed by atoms with Gasteiger partial charge in [0.1, 0.15) is 5.75 Å². The molecule has 0 aromatic heterocycles. The van der Waals surface area contributed by atoms with Crippen molar-refractivity contribution < 1.29 is 23.1 Å². The molecule has 0 fully saturated rings. The van der Waals surface area contributed by atoms with Crippen LogP contribution in [0.25, 0.3) is 10.8 Å². The summed E-state index contributed by atoms with van der Waals surface area (Å²) in [6.45, 7) is 6.60. The maximum atomic E-state index is 13.6. The highest BCUT2D eigenvalue weighted by molar-refractivity contribution is 7.54. The Morgan fingerprint density at radius 1 is 0.719 bits per heavy atom. The van der Waals surface area contributed by atoms with Crippen LogP contribution in [-0.4, -0.2) is 39.2 Å². The fourth-order valence-corrected chi connectivity index (χ4v) is 5.03. The first-order valence-electron chi connectivity index (χ1n) is 12.2. The molecule has 0 N–H and O–H groups in total. The number of unbranched alkanes of at least 4 members (excludes halogenated alkanes) is 7. The molecule has 2 aromatic rings. The highest BCUT2D eigenvalue weighted by atomic mass is 31.2. The topological polar surface area (TPSA) is 54.0 Å². The van der Waals surface area contributed by atoms with Crippen molar-refractivity contribution >= 4 is 18.4 Å². The lowest BCUT2D eigenvalue weighted by Gasteiger charge is -2.20. The quantitative estimate of drug-likeness (QED) is 0.158. The molecule has 32 heavy (non-hydrogen) atoms. The summed E-state index contributed by atoms with van der Waals surface area (Å²) in [6, 6.07) is 13.7. The monoisotopic (exact) mass is 464 g/mol. The summed E-state index contributed by atoms with van der Waals surface area (Å²) < 4.78 is 36.4. The highest BCUT2D eigenvalue weighted by Crippen LogP contribution is 2.49. The maximum Gasteiger partial charge on any atom is 0.381 e. The van der Waals surface area contributed by atoms with Gasteiger partial charge in [0.25, 0.3) is 0 Å². The van der Waals surface area contributed by atoms with Crippen LogP contribution in [0, 0.1) is 0 Å². The molecule has 1 atom stereocenters. The maximum absolute atomic E-state index is 13.6. The first-order valence-corrected chi connectivity index (χ1v) is 14.0. The molecule has 1 unspecified atom stereocenters. The number of ether oxygens (including phenoxy) is 2. The van der Waals surface area contributed by atoms with E-state index in [0.717, 1.165) is 23.6 Å². The summed E-state index contributed by atoms with van der Waals surface area (Å²) in [7, 11) is -3.34. The largest absolute Gasteiger partial charge is 0.424 e. The summed E-state index contributed by atoms with van der Waals surface area (Å²) in [5.74, 6) is 0.594. The van der Waals surface area contributed by atoms with Crippen LogP contribution in [0.5, 0.6) is 5.75 Å². The van der Waals surface area contributed by atoms with E-state index >= 15 is 0 Å². The summed E-state index contributed by atoms with van der Waals surface area (Å²) >= 11 is 0. The Hall–Kier alpha value is -1.39. The van der Waals surface area contributed by atoms with Gasteiger partial charge in [0.15, 0.2) is 0 Å². The van der Waals surface area contributed by atoms with Gasteiger partial charge in [-0.05, 0) is 24.8 Å². The lowest BCUT2D eigenvalue weighted by molar-refractivity contribution is 0.0576. The lowest BCUT2D eigenvalue weighted by Crippen LogP contribution is -2.11. The van der Waals surface area contributed by atoms with Crippen molar-refractivity contribution in [3.63, 3.8) is 0 Å². The van der Waals surface area contributed by atoms with Crippen molar-refractivity contribution in [2.24, 2.45) is 0 Å². The van der Waals surface area contributed by atoms with Gasteiger partial charge in [-0.15, -0.1) is 0 Å². The average Bonchev–Trinajstić information content (AvgIpc) is 2.80. The third-order valence-corrected chi connectivity index (χ3v) is 7.14. The Bertz CT molecular complexity index is 789. The van der Waals surface area contributed by atoms with Crippen molar-refractivity contribution in [3.8, 4) is 5.75 Å². The van der Waals surface area contributed by atoms with Crippen LogP contribution in [0.1, 0.15) is 65.2 Å². The minimum atomic E-state index is -3.34. The van der Waals surface area contributed by atoms with E-state index in [4.69, 9.17) is 18.5 Å². The number of benzene rings is 2. The molecule has 0 aliphatic rings. The van der Waals surface area contributed by atoms with Gasteiger partial charge in [-0.3, -0.25) is 4.52 Å². The Kier molecular flexibility index (Phi) is 13.6. The minimum Gasteiger partial charge on any atom is -0.424 e. The summed E-state index contributed by atoms with van der Waals surface area (Å²) in [5, 5.41) is 1.98. The second-order valence-corrected chi connectivity index (χ2v) is 10.1. The SMILES string of the molecule is CCCCCCCCCCOP(=O)(CCOCCOCC)Oc1cccc2ccccc12. The van der Waals surface area contributed by atoms with Crippen LogP contribution in [0.2, 0.25) is 0 Å². The zero-order valence-corrected chi connectivity index (χ0v) is 20.8. The van der Waals surface area contributed by atoms with Gasteiger partial charge in [0, 0.05) is 12.0 Å². The van der Waals surface area contributed by atoms with E-state index in [9.17, 15) is 4.57 Å². The zero-order valence-electron chi connectivity index (χ0n) is 19.9. The predicted molar refractivity (Wildman–Crippen MR) is 133 cm³/mol. The fourth-order valence-electron chi connectivity index (χ4n) is 3.54. The van der Waals surface area contributed by atoms with E-state index in [2.05, 4.69) is 6.92 Å². The molecule has 0 saturated carbocycles. The van der Waals surface area contributed by atoms with E-state index < -0.39 is 7.60 Å². The average molecular weight is 465 g/mol. The Labute approximate surface area is 194 Å². The predicted octanol–water partition coefficient (Wildman–Crippen LogP) is 7.62. The second-order valence-electron chi connectivity index (χ2n) is 8.02. The molecule has 0 spiro atoms. The van der Waals surface area contributed by atoms with Gasteiger partial charge in [-0.2, -0.15) is 0 Å². The third kappa shape index (κ3) is 10.5. The molecule has 180 valence electrons. The van der Waals surface area contributed by atoms with Crippen molar-refractivity contribution in [1.82, 2.24) is 0 Å². The molecular formula is C26H41O5P. The molecule has 0 saturated heterocycles. The van der Waals surface area contributed by atoms with Crippen molar-refractivity contribution in [1.29, 1.82) is 0 Å². The van der Waals surface area contributed by atoms with E-state index in [1.54, 1.807) is 0 Å². The van der Waals surface area contributed by atoms with Crippen LogP contribution in [0.3, 0.4) is 0 Å². The molecule has 2 aromatic carbocycles. The molecule has 0 aliphatic heterocycles. The molecule has 5 nitrogen and oxygen atoms in total. The summed E-state index contributed by atoms with van der Waals surface area (Å²) in [6.07, 6.45) is 9.88. The van der Waals surface area contributed by atoms with Crippen LogP contribution in [-0.2, 0) is 18.6 Å². The molecule has 0 aliphatic carbocycles. The number of hydrogen-bond acceptors (Lipinski definition) is 5. The number of rotatable bonds is 19. The van der Waals surface area contributed by atoms with Gasteiger partial charge in [-0.25, -0.2) is 4.57 Å². The van der Waals surface area contributed by atoms with E-state index in [0.29, 0.717) is 38.8 Å². The van der Waals surface area contributed by atoms with Crippen molar-refractivity contribution in [2.45, 2.75) is 65.2 Å². The normalized spacial score (nSPS) is 13.3. The first kappa shape index (κ1) is 26.9. The molecular weight excluding hydrogens is 423 g/mol. The molecule has 6 heteroatoms. The van der Waals surface area contributed by atoms with Crippen molar-refractivity contribution in [3.05, 3.63) is 42.5 Å². The number of hydrogen-bond donors (Lipinski definition) is 0. The Balaban J connectivity index is 1.87. The van der Waals surface area contributed by atoms with Gasteiger partial charge in [0.2, 0.25) is 0 Å². The van der Waals surface area contributed by atoms with Crippen molar-refractivity contribution in [2.75, 3.05) is 39.2 Å². The smallest absolute Gasteiger partial charge is 0.381 e. The van der Waals surface area contributed by atoms with Gasteiger partial charge in [-0.1, -0.05) is 88.3 Å². The van der Waals surface area contributed by atoms with Crippen LogP contribution in [0.15, 0.2) is 42.5 Å². The molecule has 0 bridgehead atoms. The van der Waals surface area contributed by atoms with Gasteiger partial charge < -0.3 is 14.0 Å². The summed E-state index contributed by atoms with van der Waals surface area (Å²) in [4.78, 5) is 0. The molecule has 0 heterocycles. The Morgan fingerprint density at radius 2 is 1.41 bits per heavy atom. The lowest BCUT2D eigenvalue weighted by atomic mass is 10.1. The molecule has 2 rings (SSSR count). The third-order valence-electron chi connectivity index (χ3n) is 5.36. The number of fused-ring (bicyclic) bond motifs is 1. The van der Waals surface area contributed by atoms with E-state index in [-0.39, 0.29) is 6.16 Å². The van der Waals surface area contributed by atoms with Crippen LogP contribution in [0.4, 0.5) is 0 Å². The molecule has 0 radical (unpaired) electrons.